The number of carbonyl (C=O) groups is 2. The van der Waals surface area contributed by atoms with Crippen molar-refractivity contribution in [2.45, 2.75) is 23.6 Å². The largest absolute Gasteiger partial charge is 0.496 e. The summed E-state index contributed by atoms with van der Waals surface area (Å²) >= 11 is 0. The third-order valence-corrected chi connectivity index (χ3v) is 5.47. The third-order valence-electron chi connectivity index (χ3n) is 3.72. The van der Waals surface area contributed by atoms with Gasteiger partial charge in [0.2, 0.25) is 9.84 Å². The Kier molecular flexibility index (Phi) is 5.27. The summed E-state index contributed by atoms with van der Waals surface area (Å²) < 4.78 is 35.9. The molecule has 0 aliphatic heterocycles. The maximum atomic E-state index is 12.9. The first-order chi connectivity index (χ1) is 11.7. The lowest BCUT2D eigenvalue weighted by molar-refractivity contribution is 0.100. The lowest BCUT2D eigenvalue weighted by Gasteiger charge is -2.11. The minimum atomic E-state index is -3.92. The number of Topliss-reactive ketones (excluding diaryl/α,β-unsaturated/α-hetero) is 2. The van der Waals surface area contributed by atoms with Crippen LogP contribution in [0, 0.1) is 0 Å². The van der Waals surface area contributed by atoms with Gasteiger partial charge in [-0.3, -0.25) is 9.59 Å². The molecule has 0 saturated carbocycles. The molecule has 0 N–H and O–H groups in total. The van der Waals surface area contributed by atoms with Gasteiger partial charge in [0.05, 0.1) is 35.1 Å². The predicted octanol–water partition coefficient (Wildman–Crippen LogP) is 2.94. The molecule has 0 saturated heterocycles. The van der Waals surface area contributed by atoms with Gasteiger partial charge in [-0.15, -0.1) is 0 Å². The molecule has 6 nitrogen and oxygen atoms in total. The van der Waals surface area contributed by atoms with Crippen molar-refractivity contribution in [1.29, 1.82) is 0 Å². The zero-order valence-corrected chi connectivity index (χ0v) is 15.1. The summed E-state index contributed by atoms with van der Waals surface area (Å²) in [6, 6.07) is 8.12. The molecule has 7 heteroatoms. The molecular weight excluding hydrogens is 344 g/mol. The Balaban J connectivity index is 2.63. The van der Waals surface area contributed by atoms with Crippen LogP contribution < -0.4 is 9.47 Å². The van der Waals surface area contributed by atoms with Gasteiger partial charge >= 0.3 is 0 Å². The quantitative estimate of drug-likeness (QED) is 0.734. The zero-order chi connectivity index (χ0) is 18.8. The van der Waals surface area contributed by atoms with E-state index in [1.807, 2.05) is 0 Å². The zero-order valence-electron chi connectivity index (χ0n) is 14.3. The number of benzene rings is 2. The number of carbonyl (C=O) groups excluding carboxylic acids is 2. The smallest absolute Gasteiger partial charge is 0.206 e. The predicted molar refractivity (Wildman–Crippen MR) is 91.4 cm³/mol. The number of ketones is 2. The van der Waals surface area contributed by atoms with Crippen LogP contribution in [0.15, 0.2) is 46.2 Å². The van der Waals surface area contributed by atoms with Crippen molar-refractivity contribution in [3.63, 3.8) is 0 Å². The lowest BCUT2D eigenvalue weighted by Crippen LogP contribution is -2.07. The summed E-state index contributed by atoms with van der Waals surface area (Å²) in [4.78, 5) is 23.3. The van der Waals surface area contributed by atoms with Crippen LogP contribution in [-0.4, -0.2) is 34.2 Å². The lowest BCUT2D eigenvalue weighted by atomic mass is 10.1. The molecule has 0 fully saturated rings. The number of sulfone groups is 1. The average molecular weight is 362 g/mol. The normalized spacial score (nSPS) is 11.0. The Morgan fingerprint density at radius 2 is 1.12 bits per heavy atom. The number of hydrogen-bond acceptors (Lipinski definition) is 6. The van der Waals surface area contributed by atoms with E-state index in [-0.39, 0.29) is 32.5 Å². The van der Waals surface area contributed by atoms with E-state index >= 15 is 0 Å². The second-order valence-electron chi connectivity index (χ2n) is 5.34. The molecule has 0 unspecified atom stereocenters. The van der Waals surface area contributed by atoms with Gasteiger partial charge in [0, 0.05) is 0 Å². The van der Waals surface area contributed by atoms with E-state index in [4.69, 9.17) is 9.47 Å². The SMILES string of the molecule is COc1ccc(S(=O)(=O)c2ccc(OC)c(C(C)=O)c2)cc1C(C)=O. The van der Waals surface area contributed by atoms with Gasteiger partial charge in [-0.1, -0.05) is 0 Å². The van der Waals surface area contributed by atoms with E-state index in [0.717, 1.165) is 0 Å². The van der Waals surface area contributed by atoms with Crippen LogP contribution >= 0.6 is 0 Å². The van der Waals surface area contributed by atoms with Crippen LogP contribution in [0.1, 0.15) is 34.6 Å². The van der Waals surface area contributed by atoms with Crippen molar-refractivity contribution >= 4 is 21.4 Å². The molecule has 0 atom stereocenters. The fourth-order valence-electron chi connectivity index (χ4n) is 2.39. The number of ether oxygens (including phenoxy) is 2. The van der Waals surface area contributed by atoms with Crippen LogP contribution in [0.4, 0.5) is 0 Å². The van der Waals surface area contributed by atoms with Crippen LogP contribution in [0.25, 0.3) is 0 Å². The number of rotatable bonds is 6. The molecule has 2 aromatic rings. The molecule has 2 rings (SSSR count). The molecule has 0 aromatic heterocycles. The van der Waals surface area contributed by atoms with E-state index in [0.29, 0.717) is 11.5 Å². The van der Waals surface area contributed by atoms with Crippen molar-refractivity contribution < 1.29 is 27.5 Å². The number of methoxy groups -OCH3 is 2. The summed E-state index contributed by atoms with van der Waals surface area (Å²) in [5.41, 5.74) is 0.341. The van der Waals surface area contributed by atoms with Crippen molar-refractivity contribution in [2.24, 2.45) is 0 Å². The summed E-state index contributed by atoms with van der Waals surface area (Å²) in [5, 5.41) is 0. The highest BCUT2D eigenvalue weighted by atomic mass is 32.2. The van der Waals surface area contributed by atoms with Crippen molar-refractivity contribution in [3.05, 3.63) is 47.5 Å². The number of hydrogen-bond donors (Lipinski definition) is 0. The fourth-order valence-corrected chi connectivity index (χ4v) is 3.71. The van der Waals surface area contributed by atoms with E-state index < -0.39 is 9.84 Å². The Bertz CT molecular complexity index is 873. The van der Waals surface area contributed by atoms with Crippen LogP contribution in [0.3, 0.4) is 0 Å². The molecule has 0 aliphatic rings. The highest BCUT2D eigenvalue weighted by Gasteiger charge is 2.22. The molecular formula is C18H18O6S. The summed E-state index contributed by atoms with van der Waals surface area (Å²) in [6.45, 7) is 2.66. The van der Waals surface area contributed by atoms with Crippen molar-refractivity contribution in [2.75, 3.05) is 14.2 Å². The molecule has 132 valence electrons. The highest BCUT2D eigenvalue weighted by Crippen LogP contribution is 2.30. The van der Waals surface area contributed by atoms with Gasteiger partial charge < -0.3 is 9.47 Å². The maximum absolute atomic E-state index is 12.9. The Hall–Kier alpha value is -2.67. The Labute approximate surface area is 146 Å². The second kappa shape index (κ2) is 7.06. The molecule has 0 aliphatic carbocycles. The van der Waals surface area contributed by atoms with Crippen LogP contribution in [0.5, 0.6) is 11.5 Å². The molecule has 0 amide bonds. The first-order valence-corrected chi connectivity index (χ1v) is 8.83. The van der Waals surface area contributed by atoms with E-state index in [1.54, 1.807) is 0 Å². The van der Waals surface area contributed by atoms with Gasteiger partial charge in [0.25, 0.3) is 0 Å². The second-order valence-corrected chi connectivity index (χ2v) is 7.29. The molecule has 0 bridgehead atoms. The van der Waals surface area contributed by atoms with Gasteiger partial charge in [0.1, 0.15) is 11.5 Å². The topological polar surface area (TPSA) is 86.7 Å². The van der Waals surface area contributed by atoms with Crippen LogP contribution in [-0.2, 0) is 9.84 Å². The van der Waals surface area contributed by atoms with E-state index in [2.05, 4.69) is 0 Å². The summed E-state index contributed by atoms with van der Waals surface area (Å²) in [5.74, 6) is -0.0303. The van der Waals surface area contributed by atoms with Crippen molar-refractivity contribution in [1.82, 2.24) is 0 Å². The first-order valence-electron chi connectivity index (χ1n) is 7.35. The molecule has 0 spiro atoms. The Morgan fingerprint density at radius 1 is 0.760 bits per heavy atom. The van der Waals surface area contributed by atoms with Crippen molar-refractivity contribution in [3.8, 4) is 11.5 Å². The highest BCUT2D eigenvalue weighted by molar-refractivity contribution is 7.91. The first kappa shape index (κ1) is 18.7. The van der Waals surface area contributed by atoms with Crippen LogP contribution in [0.2, 0.25) is 0 Å². The van der Waals surface area contributed by atoms with Gasteiger partial charge in [-0.2, -0.15) is 0 Å². The van der Waals surface area contributed by atoms with Gasteiger partial charge in [-0.05, 0) is 50.2 Å². The fraction of sp³-hybridized carbons (Fsp3) is 0.222. The molecule has 0 radical (unpaired) electrons. The van der Waals surface area contributed by atoms with Gasteiger partial charge in [-0.25, -0.2) is 8.42 Å². The summed E-state index contributed by atoms with van der Waals surface area (Å²) in [6.07, 6.45) is 0. The summed E-state index contributed by atoms with van der Waals surface area (Å²) in [7, 11) is -1.11. The molecule has 0 heterocycles. The minimum absolute atomic E-state index is 0.0573. The minimum Gasteiger partial charge on any atom is -0.496 e. The van der Waals surface area contributed by atoms with Gasteiger partial charge in [0.15, 0.2) is 11.6 Å². The van der Waals surface area contributed by atoms with E-state index in [9.17, 15) is 18.0 Å². The Morgan fingerprint density at radius 3 is 1.40 bits per heavy atom. The average Bonchev–Trinajstić information content (AvgIpc) is 2.60. The standard InChI is InChI=1S/C18H18O6S/c1-11(19)15-9-13(5-7-17(15)23-3)25(21,22)14-6-8-18(24-4)16(10-14)12(2)20/h5-10H,1-4H3. The molecule has 25 heavy (non-hydrogen) atoms. The monoisotopic (exact) mass is 362 g/mol. The van der Waals surface area contributed by atoms with E-state index in [1.165, 1.54) is 64.5 Å². The maximum Gasteiger partial charge on any atom is 0.206 e. The molecule has 2 aromatic carbocycles. The third kappa shape index (κ3) is 3.56.